The highest BCUT2D eigenvalue weighted by atomic mass is 35.5. The number of hydrogen-bond donors (Lipinski definition) is 1. The Morgan fingerprint density at radius 2 is 2.00 bits per heavy atom. The zero-order valence-corrected chi connectivity index (χ0v) is 11.9. The van der Waals surface area contributed by atoms with Gasteiger partial charge in [0.15, 0.2) is 15.7 Å². The van der Waals surface area contributed by atoms with Crippen LogP contribution in [0.15, 0.2) is 27.9 Å². The molecule has 106 valence electrons. The second-order valence-corrected chi connectivity index (χ2v) is 6.45. The minimum Gasteiger partial charge on any atom is -0.478 e. The number of hydrogen-bond acceptors (Lipinski definition) is 6. The summed E-state index contributed by atoms with van der Waals surface area (Å²) in [6.45, 7) is 0. The predicted molar refractivity (Wildman–Crippen MR) is 68.6 cm³/mol. The van der Waals surface area contributed by atoms with Crippen molar-refractivity contribution in [2.75, 3.05) is 0 Å². The average Bonchev–Trinajstić information content (AvgIpc) is 2.79. The van der Waals surface area contributed by atoms with Crippen LogP contribution in [0.4, 0.5) is 0 Å². The van der Waals surface area contributed by atoms with Crippen LogP contribution in [0.3, 0.4) is 0 Å². The van der Waals surface area contributed by atoms with Gasteiger partial charge in [-0.2, -0.15) is 4.98 Å². The van der Waals surface area contributed by atoms with Crippen LogP contribution in [-0.4, -0.2) is 29.6 Å². The normalized spacial score (nSPS) is 11.5. The van der Waals surface area contributed by atoms with Crippen molar-refractivity contribution < 1.29 is 22.8 Å². The Bertz CT molecular complexity index is 758. The molecule has 1 aromatic carbocycles. The van der Waals surface area contributed by atoms with Crippen LogP contribution in [0.2, 0.25) is 10.0 Å². The monoisotopic (exact) mass is 336 g/mol. The Hall–Kier alpha value is -1.64. The van der Waals surface area contributed by atoms with Crippen molar-refractivity contribution in [1.29, 1.82) is 0 Å². The fourth-order valence-electron chi connectivity index (χ4n) is 1.44. The molecule has 1 heterocycles. The second-order valence-electron chi connectivity index (χ2n) is 3.67. The molecule has 0 atom stereocenters. The summed E-state index contributed by atoms with van der Waals surface area (Å²) < 4.78 is 28.8. The van der Waals surface area contributed by atoms with Crippen molar-refractivity contribution in [3.05, 3.63) is 40.0 Å². The number of aromatic nitrogens is 2. The number of sulfone groups is 1. The van der Waals surface area contributed by atoms with E-state index in [-0.39, 0.29) is 26.3 Å². The minimum atomic E-state index is -3.93. The SMILES string of the molecule is O=C(O)c1cc(S(=O)(=O)Cc2ncon2)c(Cl)cc1Cl. The summed E-state index contributed by atoms with van der Waals surface area (Å²) in [6.07, 6.45) is 0.983. The van der Waals surface area contributed by atoms with E-state index in [1.807, 2.05) is 0 Å². The van der Waals surface area contributed by atoms with Crippen LogP contribution >= 0.6 is 23.2 Å². The van der Waals surface area contributed by atoms with E-state index in [0.717, 1.165) is 18.5 Å². The van der Waals surface area contributed by atoms with Crippen LogP contribution in [0.1, 0.15) is 16.2 Å². The number of benzene rings is 1. The largest absolute Gasteiger partial charge is 0.478 e. The van der Waals surface area contributed by atoms with Crippen LogP contribution in [0, 0.1) is 0 Å². The van der Waals surface area contributed by atoms with Gasteiger partial charge < -0.3 is 9.63 Å². The van der Waals surface area contributed by atoms with Gasteiger partial charge in [0.1, 0.15) is 5.75 Å². The van der Waals surface area contributed by atoms with Gasteiger partial charge in [-0.15, -0.1) is 0 Å². The van der Waals surface area contributed by atoms with E-state index in [0.29, 0.717) is 0 Å². The summed E-state index contributed by atoms with van der Waals surface area (Å²) in [5.41, 5.74) is -0.359. The number of rotatable bonds is 4. The molecule has 7 nitrogen and oxygen atoms in total. The molecule has 20 heavy (non-hydrogen) atoms. The lowest BCUT2D eigenvalue weighted by Crippen LogP contribution is -2.09. The molecular weight excluding hydrogens is 331 g/mol. The van der Waals surface area contributed by atoms with Crippen molar-refractivity contribution in [1.82, 2.24) is 10.1 Å². The lowest BCUT2D eigenvalue weighted by Gasteiger charge is -2.07. The maximum absolute atomic E-state index is 12.2. The molecule has 0 aliphatic heterocycles. The molecule has 0 spiro atoms. The van der Waals surface area contributed by atoms with E-state index in [4.69, 9.17) is 28.3 Å². The number of carboxylic acids is 1. The van der Waals surface area contributed by atoms with Gasteiger partial charge in [-0.3, -0.25) is 0 Å². The molecule has 1 N–H and O–H groups in total. The number of halogens is 2. The van der Waals surface area contributed by atoms with Gasteiger partial charge in [0.2, 0.25) is 6.39 Å². The molecular formula is C10H6Cl2N2O5S. The molecule has 0 radical (unpaired) electrons. The summed E-state index contributed by atoms with van der Waals surface area (Å²) in [7, 11) is -3.93. The van der Waals surface area contributed by atoms with Crippen molar-refractivity contribution in [2.24, 2.45) is 0 Å². The van der Waals surface area contributed by atoms with Crippen LogP contribution in [0.25, 0.3) is 0 Å². The molecule has 2 aromatic rings. The summed E-state index contributed by atoms with van der Waals surface area (Å²) in [5.74, 6) is -1.99. The van der Waals surface area contributed by atoms with E-state index in [2.05, 4.69) is 14.7 Å². The predicted octanol–water partition coefficient (Wildman–Crippen LogP) is 2.05. The molecule has 0 amide bonds. The topological polar surface area (TPSA) is 110 Å². The maximum Gasteiger partial charge on any atom is 0.337 e. The van der Waals surface area contributed by atoms with Gasteiger partial charge >= 0.3 is 5.97 Å². The van der Waals surface area contributed by atoms with Gasteiger partial charge in [0, 0.05) is 0 Å². The molecule has 0 saturated heterocycles. The van der Waals surface area contributed by atoms with E-state index < -0.39 is 21.6 Å². The molecule has 1 aromatic heterocycles. The standard InChI is InChI=1S/C10H6Cl2N2O5S/c11-6-2-7(12)8(1-5(6)10(15)16)20(17,18)3-9-13-4-19-14-9/h1-2,4H,3H2,(H,15,16). The minimum absolute atomic E-state index is 0.0621. The third kappa shape index (κ3) is 2.92. The Kier molecular flexibility index (Phi) is 3.98. The fraction of sp³-hybridized carbons (Fsp3) is 0.100. The fourth-order valence-corrected chi connectivity index (χ4v) is 3.53. The zero-order valence-electron chi connectivity index (χ0n) is 9.58. The number of carboxylic acid groups (broad SMARTS) is 1. The summed E-state index contributed by atoms with van der Waals surface area (Å²) in [6, 6.07) is 1.97. The van der Waals surface area contributed by atoms with Crippen molar-refractivity contribution >= 4 is 39.0 Å². The first kappa shape index (κ1) is 14.8. The Labute approximate surface area is 123 Å². The van der Waals surface area contributed by atoms with Gasteiger partial charge in [0.05, 0.1) is 20.5 Å². The number of carbonyl (C=O) groups is 1. The third-order valence-electron chi connectivity index (χ3n) is 2.31. The van der Waals surface area contributed by atoms with Gasteiger partial charge in [0.25, 0.3) is 0 Å². The first-order valence-corrected chi connectivity index (χ1v) is 7.42. The van der Waals surface area contributed by atoms with Gasteiger partial charge in [-0.05, 0) is 12.1 Å². The molecule has 0 bridgehead atoms. The Balaban J connectivity index is 2.51. The van der Waals surface area contributed by atoms with E-state index in [9.17, 15) is 13.2 Å². The van der Waals surface area contributed by atoms with E-state index in [1.54, 1.807) is 0 Å². The summed E-state index contributed by atoms with van der Waals surface area (Å²) in [4.78, 5) is 14.2. The lowest BCUT2D eigenvalue weighted by atomic mass is 10.2. The molecule has 0 saturated carbocycles. The molecule has 0 aliphatic rings. The van der Waals surface area contributed by atoms with Crippen molar-refractivity contribution in [3.8, 4) is 0 Å². The van der Waals surface area contributed by atoms with Crippen molar-refractivity contribution in [2.45, 2.75) is 10.6 Å². The molecule has 2 rings (SSSR count). The molecule has 0 fully saturated rings. The van der Waals surface area contributed by atoms with Crippen molar-refractivity contribution in [3.63, 3.8) is 0 Å². The number of aromatic carboxylic acids is 1. The van der Waals surface area contributed by atoms with Gasteiger partial charge in [-0.25, -0.2) is 13.2 Å². The maximum atomic E-state index is 12.2. The molecule has 0 unspecified atom stereocenters. The second kappa shape index (κ2) is 5.39. The smallest absolute Gasteiger partial charge is 0.337 e. The highest BCUT2D eigenvalue weighted by molar-refractivity contribution is 7.90. The zero-order chi connectivity index (χ0) is 14.9. The Morgan fingerprint density at radius 1 is 1.30 bits per heavy atom. The number of nitrogens with zero attached hydrogens (tertiary/aromatic N) is 2. The first-order valence-electron chi connectivity index (χ1n) is 5.01. The summed E-state index contributed by atoms with van der Waals surface area (Å²) in [5, 5.41) is 12.0. The van der Waals surface area contributed by atoms with Gasteiger partial charge in [-0.1, -0.05) is 28.4 Å². The quantitative estimate of drug-likeness (QED) is 0.909. The van der Waals surface area contributed by atoms with E-state index >= 15 is 0 Å². The van der Waals surface area contributed by atoms with E-state index in [1.165, 1.54) is 0 Å². The molecule has 0 aliphatic carbocycles. The van der Waals surface area contributed by atoms with Crippen LogP contribution < -0.4 is 0 Å². The third-order valence-corrected chi connectivity index (χ3v) is 4.70. The highest BCUT2D eigenvalue weighted by Gasteiger charge is 2.24. The highest BCUT2D eigenvalue weighted by Crippen LogP contribution is 2.30. The van der Waals surface area contributed by atoms with Crippen LogP contribution in [0.5, 0.6) is 0 Å². The lowest BCUT2D eigenvalue weighted by molar-refractivity contribution is 0.0697. The molecule has 10 heteroatoms. The summed E-state index contributed by atoms with van der Waals surface area (Å²) >= 11 is 11.5. The Morgan fingerprint density at radius 3 is 2.55 bits per heavy atom. The average molecular weight is 337 g/mol. The van der Waals surface area contributed by atoms with Crippen LogP contribution in [-0.2, 0) is 15.6 Å². The first-order chi connectivity index (χ1) is 9.31.